The van der Waals surface area contributed by atoms with Gasteiger partial charge in [-0.3, -0.25) is 9.52 Å². The number of hydrogen-bond acceptors (Lipinski definition) is 5. The predicted molar refractivity (Wildman–Crippen MR) is 99.6 cm³/mol. The Bertz CT molecular complexity index is 787. The van der Waals surface area contributed by atoms with Crippen LogP contribution >= 0.6 is 11.3 Å². The Morgan fingerprint density at radius 3 is 2.64 bits per heavy atom. The van der Waals surface area contributed by atoms with Crippen molar-refractivity contribution in [1.29, 1.82) is 0 Å². The summed E-state index contributed by atoms with van der Waals surface area (Å²) >= 11 is 1.12. The standard InChI is InChI=1S/C17H22N2O4S2/c1-13(2)23-11-6-10-18-17(20)14-7-3-4-8-15(14)19-25(21,22)16-9-5-12-24-16/h3-5,7-9,12-13,19H,6,10-11H2,1-2H3,(H,18,20). The highest BCUT2D eigenvalue weighted by Crippen LogP contribution is 2.22. The normalized spacial score (nSPS) is 11.5. The van der Waals surface area contributed by atoms with E-state index in [-0.39, 0.29) is 27.5 Å². The average Bonchev–Trinajstić information content (AvgIpc) is 3.09. The van der Waals surface area contributed by atoms with Crippen LogP contribution in [0.2, 0.25) is 0 Å². The van der Waals surface area contributed by atoms with Gasteiger partial charge in [-0.2, -0.15) is 0 Å². The summed E-state index contributed by atoms with van der Waals surface area (Å²) in [5.74, 6) is -0.325. The van der Waals surface area contributed by atoms with Crippen molar-refractivity contribution in [2.45, 2.75) is 30.6 Å². The molecule has 2 aromatic rings. The molecule has 0 saturated carbocycles. The summed E-state index contributed by atoms with van der Waals surface area (Å²) in [5, 5.41) is 4.47. The molecule has 0 bridgehead atoms. The molecule has 0 fully saturated rings. The van der Waals surface area contributed by atoms with Crippen LogP contribution in [0, 0.1) is 0 Å². The SMILES string of the molecule is CC(C)OCCCNC(=O)c1ccccc1NS(=O)(=O)c1cccs1. The zero-order chi connectivity index (χ0) is 18.3. The van der Waals surface area contributed by atoms with E-state index in [9.17, 15) is 13.2 Å². The Kier molecular flexibility index (Phi) is 6.98. The van der Waals surface area contributed by atoms with Gasteiger partial charge in [0.2, 0.25) is 0 Å². The third-order valence-electron chi connectivity index (χ3n) is 3.23. The van der Waals surface area contributed by atoms with Crippen molar-refractivity contribution in [3.8, 4) is 0 Å². The van der Waals surface area contributed by atoms with E-state index < -0.39 is 10.0 Å². The molecule has 0 saturated heterocycles. The van der Waals surface area contributed by atoms with Gasteiger partial charge in [-0.05, 0) is 43.8 Å². The Morgan fingerprint density at radius 2 is 1.96 bits per heavy atom. The number of rotatable bonds is 9. The fourth-order valence-corrected chi connectivity index (χ4v) is 4.14. The molecule has 1 aromatic carbocycles. The molecule has 0 aliphatic carbocycles. The third kappa shape index (κ3) is 5.84. The van der Waals surface area contributed by atoms with Crippen molar-refractivity contribution in [1.82, 2.24) is 5.32 Å². The molecule has 0 atom stereocenters. The first-order valence-corrected chi connectivity index (χ1v) is 10.3. The zero-order valence-electron chi connectivity index (χ0n) is 14.2. The van der Waals surface area contributed by atoms with E-state index in [1.54, 1.807) is 35.7 Å². The van der Waals surface area contributed by atoms with Crippen LogP contribution in [-0.4, -0.2) is 33.6 Å². The number of carbonyl (C=O) groups is 1. The lowest BCUT2D eigenvalue weighted by Gasteiger charge is -2.12. The summed E-state index contributed by atoms with van der Waals surface area (Å²) in [5.41, 5.74) is 0.541. The Hall–Kier alpha value is -1.90. The van der Waals surface area contributed by atoms with Crippen molar-refractivity contribution in [2.24, 2.45) is 0 Å². The highest BCUT2D eigenvalue weighted by Gasteiger charge is 2.19. The van der Waals surface area contributed by atoms with Gasteiger partial charge in [0.15, 0.2) is 0 Å². The lowest BCUT2D eigenvalue weighted by Crippen LogP contribution is -2.27. The largest absolute Gasteiger partial charge is 0.379 e. The molecule has 1 amide bonds. The first-order valence-electron chi connectivity index (χ1n) is 7.95. The summed E-state index contributed by atoms with van der Waals surface area (Å²) in [6.07, 6.45) is 0.843. The molecule has 2 rings (SSSR count). The second kappa shape index (κ2) is 8.98. The Morgan fingerprint density at radius 1 is 1.20 bits per heavy atom. The number of hydrogen-bond donors (Lipinski definition) is 2. The van der Waals surface area contributed by atoms with Crippen LogP contribution in [0.1, 0.15) is 30.6 Å². The number of ether oxygens (including phenoxy) is 1. The van der Waals surface area contributed by atoms with E-state index in [0.29, 0.717) is 19.6 Å². The number of sulfonamides is 1. The van der Waals surface area contributed by atoms with E-state index >= 15 is 0 Å². The topological polar surface area (TPSA) is 84.5 Å². The molecule has 2 N–H and O–H groups in total. The second-order valence-electron chi connectivity index (χ2n) is 5.61. The Labute approximate surface area is 152 Å². The molecule has 8 heteroatoms. The number of carbonyl (C=O) groups excluding carboxylic acids is 1. The van der Waals surface area contributed by atoms with E-state index in [1.165, 1.54) is 6.07 Å². The molecule has 0 unspecified atom stereocenters. The minimum atomic E-state index is -3.70. The molecular weight excluding hydrogens is 360 g/mol. The van der Waals surface area contributed by atoms with Crippen molar-refractivity contribution < 1.29 is 17.9 Å². The fourth-order valence-electron chi connectivity index (χ4n) is 2.07. The number of anilines is 1. The van der Waals surface area contributed by atoms with E-state index in [1.807, 2.05) is 13.8 Å². The highest BCUT2D eigenvalue weighted by atomic mass is 32.2. The van der Waals surface area contributed by atoms with Crippen LogP contribution in [0.4, 0.5) is 5.69 Å². The molecule has 0 aliphatic heterocycles. The van der Waals surface area contributed by atoms with Crippen molar-refractivity contribution in [2.75, 3.05) is 17.9 Å². The third-order valence-corrected chi connectivity index (χ3v) is 6.00. The summed E-state index contributed by atoms with van der Waals surface area (Å²) in [7, 11) is -3.70. The van der Waals surface area contributed by atoms with Gasteiger partial charge in [0.1, 0.15) is 4.21 Å². The van der Waals surface area contributed by atoms with Gasteiger partial charge in [0.25, 0.3) is 15.9 Å². The van der Waals surface area contributed by atoms with Crippen LogP contribution in [0.5, 0.6) is 0 Å². The molecule has 0 radical (unpaired) electrons. The molecule has 1 heterocycles. The van der Waals surface area contributed by atoms with Gasteiger partial charge in [-0.1, -0.05) is 18.2 Å². The van der Waals surface area contributed by atoms with Crippen LogP contribution in [0.15, 0.2) is 46.0 Å². The smallest absolute Gasteiger partial charge is 0.271 e. The molecule has 0 aliphatic rings. The minimum absolute atomic E-state index is 0.156. The van der Waals surface area contributed by atoms with Crippen LogP contribution in [-0.2, 0) is 14.8 Å². The quantitative estimate of drug-likeness (QED) is 0.653. The van der Waals surface area contributed by atoms with Crippen LogP contribution in [0.3, 0.4) is 0 Å². The van der Waals surface area contributed by atoms with Crippen molar-refractivity contribution in [3.05, 3.63) is 47.3 Å². The highest BCUT2D eigenvalue weighted by molar-refractivity contribution is 7.94. The molecule has 136 valence electrons. The second-order valence-corrected chi connectivity index (χ2v) is 8.47. The van der Waals surface area contributed by atoms with E-state index in [0.717, 1.165) is 11.3 Å². The average molecular weight is 383 g/mol. The number of para-hydroxylation sites is 1. The number of thiophene rings is 1. The van der Waals surface area contributed by atoms with Gasteiger partial charge in [-0.15, -0.1) is 11.3 Å². The lowest BCUT2D eigenvalue weighted by atomic mass is 10.1. The summed E-state index contributed by atoms with van der Waals surface area (Å²) in [4.78, 5) is 12.4. The summed E-state index contributed by atoms with van der Waals surface area (Å²) in [6, 6.07) is 9.72. The number of nitrogens with one attached hydrogen (secondary N) is 2. The van der Waals surface area contributed by atoms with Crippen LogP contribution in [0.25, 0.3) is 0 Å². The van der Waals surface area contributed by atoms with Gasteiger partial charge in [0, 0.05) is 13.2 Å². The lowest BCUT2D eigenvalue weighted by molar-refractivity contribution is 0.0757. The first-order chi connectivity index (χ1) is 11.9. The number of benzene rings is 1. The first kappa shape index (κ1) is 19.4. The monoisotopic (exact) mass is 382 g/mol. The maximum atomic E-state index is 12.4. The molecular formula is C17H22N2O4S2. The fraction of sp³-hybridized carbons (Fsp3) is 0.353. The van der Waals surface area contributed by atoms with Gasteiger partial charge in [-0.25, -0.2) is 8.42 Å². The molecule has 6 nitrogen and oxygen atoms in total. The van der Waals surface area contributed by atoms with Crippen molar-refractivity contribution in [3.63, 3.8) is 0 Å². The minimum Gasteiger partial charge on any atom is -0.379 e. The van der Waals surface area contributed by atoms with Gasteiger partial charge in [0.05, 0.1) is 17.4 Å². The molecule has 0 spiro atoms. The summed E-state index contributed by atoms with van der Waals surface area (Å²) < 4.78 is 32.8. The van der Waals surface area contributed by atoms with Gasteiger partial charge >= 0.3 is 0 Å². The Balaban J connectivity index is 2.01. The van der Waals surface area contributed by atoms with Crippen LogP contribution < -0.4 is 10.0 Å². The summed E-state index contributed by atoms with van der Waals surface area (Å²) in [6.45, 7) is 4.92. The maximum Gasteiger partial charge on any atom is 0.271 e. The number of amides is 1. The van der Waals surface area contributed by atoms with Gasteiger partial charge < -0.3 is 10.1 Å². The van der Waals surface area contributed by atoms with E-state index in [2.05, 4.69) is 10.0 Å². The molecule has 1 aromatic heterocycles. The molecule has 25 heavy (non-hydrogen) atoms. The van der Waals surface area contributed by atoms with E-state index in [4.69, 9.17) is 4.74 Å². The maximum absolute atomic E-state index is 12.4. The zero-order valence-corrected chi connectivity index (χ0v) is 15.8. The van der Waals surface area contributed by atoms with Crippen molar-refractivity contribution >= 4 is 33.0 Å². The predicted octanol–water partition coefficient (Wildman–Crippen LogP) is 3.09.